The van der Waals surface area contributed by atoms with Crippen molar-refractivity contribution < 1.29 is 4.74 Å². The zero-order valence-corrected chi connectivity index (χ0v) is 16.4. The van der Waals surface area contributed by atoms with Crippen molar-refractivity contribution in [1.82, 2.24) is 5.43 Å². The minimum Gasteiger partial charge on any atom is -0.497 e. The summed E-state index contributed by atoms with van der Waals surface area (Å²) in [5.41, 5.74) is 8.90. The molecule has 2 aliphatic heterocycles. The van der Waals surface area contributed by atoms with Gasteiger partial charge in [0.05, 0.1) is 24.6 Å². The second-order valence-corrected chi connectivity index (χ2v) is 7.19. The number of aryl methyl sites for hydroxylation is 1. The molecule has 5 heteroatoms. The Morgan fingerprint density at radius 1 is 1.11 bits per heavy atom. The van der Waals surface area contributed by atoms with Gasteiger partial charge in [0.25, 0.3) is 0 Å². The van der Waals surface area contributed by atoms with Gasteiger partial charge in [0, 0.05) is 11.1 Å². The SMILES string of the molecule is CCC[C@@H]1N=C(c2ccc(C)cc2)c2cc(OC)ccc2N2C(C)=NNC12. The molecule has 0 fully saturated rings. The first-order valence-electron chi connectivity index (χ1n) is 9.54. The van der Waals surface area contributed by atoms with E-state index in [1.54, 1.807) is 7.11 Å². The van der Waals surface area contributed by atoms with Gasteiger partial charge in [-0.2, -0.15) is 5.10 Å². The lowest BCUT2D eigenvalue weighted by Crippen LogP contribution is -2.46. The molecule has 2 atom stereocenters. The first kappa shape index (κ1) is 17.6. The Kier molecular flexibility index (Phi) is 4.60. The van der Waals surface area contributed by atoms with Crippen LogP contribution in [-0.2, 0) is 0 Å². The Bertz CT molecular complexity index is 901. The summed E-state index contributed by atoms with van der Waals surface area (Å²) in [4.78, 5) is 7.52. The van der Waals surface area contributed by atoms with Gasteiger partial charge in [-0.05, 0) is 38.5 Å². The number of hydrogen-bond acceptors (Lipinski definition) is 5. The minimum atomic E-state index is 0.0417. The molecular weight excluding hydrogens is 336 g/mol. The van der Waals surface area contributed by atoms with Crippen molar-refractivity contribution in [3.63, 3.8) is 0 Å². The van der Waals surface area contributed by atoms with Crippen LogP contribution in [0.25, 0.3) is 0 Å². The zero-order valence-electron chi connectivity index (χ0n) is 16.4. The Morgan fingerprint density at radius 3 is 2.59 bits per heavy atom. The van der Waals surface area contributed by atoms with Gasteiger partial charge >= 0.3 is 0 Å². The quantitative estimate of drug-likeness (QED) is 0.891. The lowest BCUT2D eigenvalue weighted by Gasteiger charge is -2.29. The highest BCUT2D eigenvalue weighted by Crippen LogP contribution is 2.35. The number of ether oxygens (including phenoxy) is 1. The number of nitrogens with one attached hydrogen (secondary N) is 1. The third-order valence-corrected chi connectivity index (χ3v) is 5.27. The van der Waals surface area contributed by atoms with Crippen molar-refractivity contribution in [3.8, 4) is 5.75 Å². The lowest BCUT2D eigenvalue weighted by molar-refractivity contribution is 0.414. The van der Waals surface area contributed by atoms with E-state index in [1.807, 2.05) is 13.0 Å². The number of nitrogens with zero attached hydrogens (tertiary/aromatic N) is 3. The van der Waals surface area contributed by atoms with Crippen LogP contribution in [0.15, 0.2) is 52.6 Å². The van der Waals surface area contributed by atoms with Crippen molar-refractivity contribution in [3.05, 3.63) is 59.2 Å². The van der Waals surface area contributed by atoms with E-state index in [0.29, 0.717) is 0 Å². The molecule has 1 N–H and O–H groups in total. The molecule has 0 saturated carbocycles. The first-order valence-corrected chi connectivity index (χ1v) is 9.54. The second-order valence-electron chi connectivity index (χ2n) is 7.19. The predicted molar refractivity (Wildman–Crippen MR) is 111 cm³/mol. The van der Waals surface area contributed by atoms with Gasteiger partial charge in [-0.1, -0.05) is 43.2 Å². The number of aliphatic imine (C=N–C) groups is 1. The van der Waals surface area contributed by atoms with Crippen LogP contribution in [0.3, 0.4) is 0 Å². The van der Waals surface area contributed by atoms with Crippen LogP contribution in [-0.4, -0.2) is 30.9 Å². The van der Waals surface area contributed by atoms with Crippen LogP contribution in [0.4, 0.5) is 5.69 Å². The average Bonchev–Trinajstić information content (AvgIpc) is 3.00. The summed E-state index contributed by atoms with van der Waals surface area (Å²) in [6.45, 7) is 6.35. The van der Waals surface area contributed by atoms with Gasteiger partial charge in [0.2, 0.25) is 0 Å². The fourth-order valence-electron chi connectivity index (χ4n) is 3.86. The van der Waals surface area contributed by atoms with Gasteiger partial charge in [-0.15, -0.1) is 0 Å². The maximum atomic E-state index is 5.52. The van der Waals surface area contributed by atoms with Gasteiger partial charge in [-0.3, -0.25) is 10.4 Å². The average molecular weight is 362 g/mol. The van der Waals surface area contributed by atoms with E-state index in [-0.39, 0.29) is 12.2 Å². The molecule has 140 valence electrons. The Hall–Kier alpha value is -2.82. The van der Waals surface area contributed by atoms with Gasteiger partial charge in [-0.25, -0.2) is 0 Å². The van der Waals surface area contributed by atoms with Crippen LogP contribution >= 0.6 is 0 Å². The highest BCUT2D eigenvalue weighted by molar-refractivity contribution is 6.18. The third kappa shape index (κ3) is 3.07. The van der Waals surface area contributed by atoms with Crippen molar-refractivity contribution in [2.45, 2.75) is 45.8 Å². The maximum absolute atomic E-state index is 5.52. The van der Waals surface area contributed by atoms with E-state index in [1.165, 1.54) is 5.56 Å². The molecule has 0 saturated heterocycles. The molecule has 27 heavy (non-hydrogen) atoms. The molecule has 4 rings (SSSR count). The highest BCUT2D eigenvalue weighted by Gasteiger charge is 2.37. The van der Waals surface area contributed by atoms with Crippen LogP contribution in [0, 0.1) is 6.92 Å². The third-order valence-electron chi connectivity index (χ3n) is 5.27. The number of benzene rings is 2. The molecule has 0 radical (unpaired) electrons. The van der Waals surface area contributed by atoms with Gasteiger partial charge in [0.15, 0.2) is 0 Å². The molecule has 0 amide bonds. The summed E-state index contributed by atoms with van der Waals surface area (Å²) in [6.07, 6.45) is 2.11. The maximum Gasteiger partial charge on any atom is 0.143 e. The summed E-state index contributed by atoms with van der Waals surface area (Å²) in [5.74, 6) is 1.80. The van der Waals surface area contributed by atoms with E-state index in [2.05, 4.69) is 65.7 Å². The topological polar surface area (TPSA) is 49.2 Å². The number of hydrazone groups is 1. The Morgan fingerprint density at radius 2 is 1.89 bits per heavy atom. The molecule has 5 nitrogen and oxygen atoms in total. The molecule has 1 unspecified atom stereocenters. The second kappa shape index (κ2) is 7.06. The summed E-state index contributed by atoms with van der Waals surface area (Å²) in [6, 6.07) is 14.9. The molecule has 2 heterocycles. The van der Waals surface area contributed by atoms with E-state index in [4.69, 9.17) is 9.73 Å². The Balaban J connectivity index is 1.94. The summed E-state index contributed by atoms with van der Waals surface area (Å²) < 4.78 is 5.52. The number of hydrogen-bond donors (Lipinski definition) is 1. The standard InChI is InChI=1S/C22H26N4O/c1-5-6-19-22-25-24-15(3)26(22)20-12-11-17(27-4)13-18(20)21(23-19)16-9-7-14(2)8-10-16/h7-13,19,22,25H,5-6H2,1-4H3/t19-,22?/m0/s1. The molecule has 2 aliphatic rings. The molecule has 0 aliphatic carbocycles. The molecular formula is C22H26N4O. The molecule has 2 aromatic rings. The highest BCUT2D eigenvalue weighted by atomic mass is 16.5. The zero-order chi connectivity index (χ0) is 19.0. The van der Waals surface area contributed by atoms with Crippen molar-refractivity contribution in [1.29, 1.82) is 0 Å². The number of amidine groups is 1. The normalized spacial score (nSPS) is 20.8. The van der Waals surface area contributed by atoms with Crippen molar-refractivity contribution in [2.75, 3.05) is 12.0 Å². The van der Waals surface area contributed by atoms with Crippen LogP contribution < -0.4 is 15.1 Å². The fourth-order valence-corrected chi connectivity index (χ4v) is 3.86. The van der Waals surface area contributed by atoms with Gasteiger partial charge < -0.3 is 9.64 Å². The first-order chi connectivity index (χ1) is 13.1. The minimum absolute atomic E-state index is 0.0417. The lowest BCUT2D eigenvalue weighted by atomic mass is 9.99. The van der Waals surface area contributed by atoms with Crippen molar-refractivity contribution >= 4 is 17.2 Å². The summed E-state index contributed by atoms with van der Waals surface area (Å²) in [5, 5.41) is 4.50. The van der Waals surface area contributed by atoms with E-state index < -0.39 is 0 Å². The molecule has 2 aromatic carbocycles. The molecule has 0 aromatic heterocycles. The molecule has 0 spiro atoms. The van der Waals surface area contributed by atoms with E-state index in [0.717, 1.165) is 47.0 Å². The number of fused-ring (bicyclic) bond motifs is 3. The van der Waals surface area contributed by atoms with Crippen LogP contribution in [0.2, 0.25) is 0 Å². The summed E-state index contributed by atoms with van der Waals surface area (Å²) >= 11 is 0. The van der Waals surface area contributed by atoms with Crippen LogP contribution in [0.5, 0.6) is 5.75 Å². The van der Waals surface area contributed by atoms with E-state index >= 15 is 0 Å². The monoisotopic (exact) mass is 362 g/mol. The largest absolute Gasteiger partial charge is 0.497 e. The van der Waals surface area contributed by atoms with Gasteiger partial charge in [0.1, 0.15) is 17.8 Å². The number of methoxy groups -OCH3 is 1. The smallest absolute Gasteiger partial charge is 0.143 e. The van der Waals surface area contributed by atoms with Crippen LogP contribution in [0.1, 0.15) is 43.4 Å². The number of anilines is 1. The Labute approximate surface area is 160 Å². The predicted octanol–water partition coefficient (Wildman–Crippen LogP) is 4.09. The number of rotatable bonds is 4. The van der Waals surface area contributed by atoms with Crippen molar-refractivity contribution in [2.24, 2.45) is 10.1 Å². The fraction of sp³-hybridized carbons (Fsp3) is 0.364. The molecule has 0 bridgehead atoms. The summed E-state index contributed by atoms with van der Waals surface area (Å²) in [7, 11) is 1.70. The van der Waals surface area contributed by atoms with E-state index in [9.17, 15) is 0 Å².